The zero-order valence-electron chi connectivity index (χ0n) is 19.2. The summed E-state index contributed by atoms with van der Waals surface area (Å²) in [5, 5.41) is 0. The third-order valence-corrected chi connectivity index (χ3v) is 7.23. The second-order valence-corrected chi connectivity index (χ2v) is 8.86. The molecule has 0 saturated carbocycles. The molecule has 3 aromatic rings. The van der Waals surface area contributed by atoms with Gasteiger partial charge in [0, 0.05) is 0 Å². The second-order valence-electron chi connectivity index (χ2n) is 8.86. The number of nitrogens with two attached hydrogens (primary N) is 1. The van der Waals surface area contributed by atoms with Crippen molar-refractivity contribution in [3.63, 3.8) is 0 Å². The molecule has 172 valence electrons. The molecule has 2 N–H and O–H groups in total. The summed E-state index contributed by atoms with van der Waals surface area (Å²) in [5.74, 6) is -1.02. The molecule has 5 heteroatoms. The Kier molecular flexibility index (Phi) is 5.58. The first kappa shape index (κ1) is 22.1. The van der Waals surface area contributed by atoms with Crippen LogP contribution in [0.3, 0.4) is 0 Å². The maximum Gasteiger partial charge on any atom is 0.323 e. The molecule has 5 nitrogen and oxygen atoms in total. The van der Waals surface area contributed by atoms with Crippen molar-refractivity contribution in [2.24, 2.45) is 11.1 Å². The van der Waals surface area contributed by atoms with Crippen molar-refractivity contribution in [2.75, 3.05) is 20.2 Å². The minimum atomic E-state index is -1.42. The van der Waals surface area contributed by atoms with Gasteiger partial charge < -0.3 is 10.5 Å². The van der Waals surface area contributed by atoms with Gasteiger partial charge in [-0.1, -0.05) is 91.0 Å². The Balaban J connectivity index is 1.88. The number of carbonyl (C=O) groups is 2. The third kappa shape index (κ3) is 2.97. The standard InChI is InChI=1S/C29H28N2O3/c1-34-27(33)28(24(21-13-5-2-6-14-21)25(28)22-15-7-3-8-16-22)29(26(30)32,31-19-11-12-20-31)23-17-9-4-10-18-23/h2-10,13-18H,11-12,19-20H2,1H3,(H2,30,32). The Morgan fingerprint density at radius 2 is 1.24 bits per heavy atom. The average molecular weight is 453 g/mol. The van der Waals surface area contributed by atoms with Gasteiger partial charge in [-0.15, -0.1) is 0 Å². The van der Waals surface area contributed by atoms with Gasteiger partial charge in [0.05, 0.1) is 7.11 Å². The molecule has 1 aliphatic carbocycles. The summed E-state index contributed by atoms with van der Waals surface area (Å²) in [7, 11) is 1.38. The molecule has 1 atom stereocenters. The highest BCUT2D eigenvalue weighted by Crippen LogP contribution is 2.73. The van der Waals surface area contributed by atoms with E-state index in [0.29, 0.717) is 18.7 Å². The van der Waals surface area contributed by atoms with Gasteiger partial charge in [-0.2, -0.15) is 0 Å². The van der Waals surface area contributed by atoms with E-state index in [-0.39, 0.29) is 0 Å². The molecule has 1 unspecified atom stereocenters. The molecule has 1 aliphatic heterocycles. The molecule has 0 bridgehead atoms. The van der Waals surface area contributed by atoms with Crippen LogP contribution in [0.4, 0.5) is 0 Å². The normalized spacial score (nSPS) is 18.9. The number of likely N-dealkylation sites (tertiary alicyclic amines) is 1. The third-order valence-electron chi connectivity index (χ3n) is 7.23. The van der Waals surface area contributed by atoms with Gasteiger partial charge in [0.2, 0.25) is 5.91 Å². The molecular weight excluding hydrogens is 424 g/mol. The summed E-state index contributed by atoms with van der Waals surface area (Å²) >= 11 is 0. The van der Waals surface area contributed by atoms with Crippen molar-refractivity contribution in [1.82, 2.24) is 4.90 Å². The Bertz CT molecular complexity index is 1180. The minimum Gasteiger partial charge on any atom is -0.468 e. The van der Waals surface area contributed by atoms with E-state index in [1.165, 1.54) is 7.11 Å². The van der Waals surface area contributed by atoms with E-state index in [1.54, 1.807) is 0 Å². The monoisotopic (exact) mass is 452 g/mol. The topological polar surface area (TPSA) is 72.6 Å². The number of methoxy groups -OCH3 is 1. The van der Waals surface area contributed by atoms with E-state index in [9.17, 15) is 9.59 Å². The number of primary amides is 1. The number of carbonyl (C=O) groups excluding carboxylic acids is 2. The van der Waals surface area contributed by atoms with E-state index in [4.69, 9.17) is 10.5 Å². The SMILES string of the molecule is COC(=O)C1(C(C(N)=O)(c2ccccc2)N2CCCC2)C(c2ccccc2)=C1c1ccccc1. The predicted octanol–water partition coefficient (Wildman–Crippen LogP) is 4.25. The Labute approximate surface area is 199 Å². The molecule has 1 fully saturated rings. The van der Waals surface area contributed by atoms with Crippen LogP contribution < -0.4 is 5.73 Å². The van der Waals surface area contributed by atoms with Gasteiger partial charge in [0.15, 0.2) is 11.0 Å². The van der Waals surface area contributed by atoms with Crippen molar-refractivity contribution >= 4 is 23.0 Å². The fourth-order valence-corrected chi connectivity index (χ4v) is 5.93. The molecular formula is C29H28N2O3. The molecule has 1 amide bonds. The van der Waals surface area contributed by atoms with Gasteiger partial charge in [-0.25, -0.2) is 0 Å². The summed E-state index contributed by atoms with van der Waals surface area (Å²) < 4.78 is 5.50. The van der Waals surface area contributed by atoms with Crippen LogP contribution in [0.1, 0.15) is 29.5 Å². The van der Waals surface area contributed by atoms with Crippen LogP contribution in [0.15, 0.2) is 91.0 Å². The number of hydrogen-bond donors (Lipinski definition) is 1. The van der Waals surface area contributed by atoms with Crippen LogP contribution in [0.2, 0.25) is 0 Å². The van der Waals surface area contributed by atoms with Crippen molar-refractivity contribution in [1.29, 1.82) is 0 Å². The second kappa shape index (κ2) is 8.58. The van der Waals surface area contributed by atoms with Gasteiger partial charge in [-0.3, -0.25) is 14.5 Å². The first-order valence-corrected chi connectivity index (χ1v) is 11.6. The highest BCUT2D eigenvalue weighted by Gasteiger charge is 2.76. The summed E-state index contributed by atoms with van der Waals surface area (Å²) in [6.45, 7) is 1.33. The molecule has 0 spiro atoms. The van der Waals surface area contributed by atoms with Crippen molar-refractivity contribution in [2.45, 2.75) is 18.4 Å². The summed E-state index contributed by atoms with van der Waals surface area (Å²) in [6, 6.07) is 29.0. The first-order chi connectivity index (χ1) is 16.6. The van der Waals surface area contributed by atoms with Crippen molar-refractivity contribution in [3.8, 4) is 0 Å². The number of hydrogen-bond acceptors (Lipinski definition) is 4. The summed E-state index contributed by atoms with van der Waals surface area (Å²) in [6.07, 6.45) is 1.86. The van der Waals surface area contributed by atoms with Crippen LogP contribution in [0, 0.1) is 5.41 Å². The zero-order valence-corrected chi connectivity index (χ0v) is 19.2. The van der Waals surface area contributed by atoms with E-state index >= 15 is 0 Å². The lowest BCUT2D eigenvalue weighted by Crippen LogP contribution is -2.63. The lowest BCUT2D eigenvalue weighted by Gasteiger charge is -2.46. The number of ether oxygens (including phenoxy) is 1. The van der Waals surface area contributed by atoms with Crippen LogP contribution in [0.25, 0.3) is 11.1 Å². The first-order valence-electron chi connectivity index (χ1n) is 11.6. The van der Waals surface area contributed by atoms with Gasteiger partial charge in [-0.05, 0) is 53.8 Å². The van der Waals surface area contributed by atoms with Crippen molar-refractivity contribution in [3.05, 3.63) is 108 Å². The van der Waals surface area contributed by atoms with Crippen molar-refractivity contribution < 1.29 is 14.3 Å². The van der Waals surface area contributed by atoms with Crippen LogP contribution in [-0.2, 0) is 19.9 Å². The number of benzene rings is 3. The van der Waals surface area contributed by atoms with E-state index in [0.717, 1.165) is 35.1 Å². The summed E-state index contributed by atoms with van der Waals surface area (Å²) in [5.41, 5.74) is 7.62. The smallest absolute Gasteiger partial charge is 0.323 e. The highest BCUT2D eigenvalue weighted by atomic mass is 16.5. The number of amides is 1. The lowest BCUT2D eigenvalue weighted by atomic mass is 9.67. The average Bonchev–Trinajstić information content (AvgIpc) is 3.28. The van der Waals surface area contributed by atoms with Crippen LogP contribution >= 0.6 is 0 Å². The Morgan fingerprint density at radius 1 is 0.794 bits per heavy atom. The predicted molar refractivity (Wildman–Crippen MR) is 132 cm³/mol. The Hall–Kier alpha value is -3.70. The quantitative estimate of drug-likeness (QED) is 0.544. The molecule has 5 rings (SSSR count). The number of nitrogens with zero attached hydrogens (tertiary/aromatic N) is 1. The molecule has 0 radical (unpaired) electrons. The maximum atomic E-state index is 14.0. The van der Waals surface area contributed by atoms with Crippen LogP contribution in [-0.4, -0.2) is 37.0 Å². The highest BCUT2D eigenvalue weighted by molar-refractivity contribution is 6.30. The van der Waals surface area contributed by atoms with E-state index in [1.807, 2.05) is 91.0 Å². The number of esters is 1. The molecule has 34 heavy (non-hydrogen) atoms. The van der Waals surface area contributed by atoms with Gasteiger partial charge in [0.25, 0.3) is 0 Å². The summed E-state index contributed by atoms with van der Waals surface area (Å²) in [4.78, 5) is 30.0. The fourth-order valence-electron chi connectivity index (χ4n) is 5.93. The molecule has 0 aromatic heterocycles. The molecule has 2 aliphatic rings. The lowest BCUT2D eigenvalue weighted by molar-refractivity contribution is -0.157. The van der Waals surface area contributed by atoms with Crippen LogP contribution in [0.5, 0.6) is 0 Å². The molecule has 3 aromatic carbocycles. The molecule has 1 heterocycles. The maximum absolute atomic E-state index is 14.0. The van der Waals surface area contributed by atoms with Gasteiger partial charge >= 0.3 is 5.97 Å². The van der Waals surface area contributed by atoms with E-state index < -0.39 is 22.8 Å². The Morgan fingerprint density at radius 3 is 1.65 bits per heavy atom. The number of rotatable bonds is 7. The fraction of sp³-hybridized carbons (Fsp3) is 0.241. The van der Waals surface area contributed by atoms with Gasteiger partial charge in [0.1, 0.15) is 0 Å². The van der Waals surface area contributed by atoms with E-state index in [2.05, 4.69) is 4.90 Å². The largest absolute Gasteiger partial charge is 0.468 e. The molecule has 1 saturated heterocycles. The minimum absolute atomic E-state index is 0.472. The zero-order chi connectivity index (χ0) is 23.8.